The first kappa shape index (κ1) is 18.9. The lowest BCUT2D eigenvalue weighted by molar-refractivity contribution is 0.638. The summed E-state index contributed by atoms with van der Waals surface area (Å²) in [6, 6.07) is 12.4. The van der Waals surface area contributed by atoms with Crippen molar-refractivity contribution in [3.63, 3.8) is 0 Å². The first-order valence-corrected chi connectivity index (χ1v) is 9.49. The summed E-state index contributed by atoms with van der Waals surface area (Å²) in [5.41, 5.74) is 6.73. The zero-order chi connectivity index (χ0) is 19.1. The number of rotatable bonds is 8. The van der Waals surface area contributed by atoms with E-state index in [9.17, 15) is 0 Å². The van der Waals surface area contributed by atoms with Crippen molar-refractivity contribution in [2.45, 2.75) is 39.4 Å². The van der Waals surface area contributed by atoms with Gasteiger partial charge in [0.15, 0.2) is 0 Å². The summed E-state index contributed by atoms with van der Waals surface area (Å²) < 4.78 is 0. The Labute approximate surface area is 162 Å². The lowest BCUT2D eigenvalue weighted by Gasteiger charge is -2.28. The van der Waals surface area contributed by atoms with Gasteiger partial charge in [0.25, 0.3) is 0 Å². The van der Waals surface area contributed by atoms with Crippen LogP contribution in [0.5, 0.6) is 0 Å². The van der Waals surface area contributed by atoms with Crippen molar-refractivity contribution in [2.75, 3.05) is 5.32 Å². The number of hydrogen-bond donors (Lipinski definition) is 3. The van der Waals surface area contributed by atoms with Gasteiger partial charge in [-0.2, -0.15) is 0 Å². The summed E-state index contributed by atoms with van der Waals surface area (Å²) in [6.45, 7) is 9.27. The fourth-order valence-corrected chi connectivity index (χ4v) is 3.23. The highest BCUT2D eigenvalue weighted by Crippen LogP contribution is 2.28. The Kier molecular flexibility index (Phi) is 6.44. The van der Waals surface area contributed by atoms with Gasteiger partial charge in [0.05, 0.1) is 6.17 Å². The highest BCUT2D eigenvalue weighted by atomic mass is 15.1. The molecule has 0 radical (unpaired) electrons. The molecular weight excluding hydrogens is 332 g/mol. The molecule has 1 aromatic carbocycles. The van der Waals surface area contributed by atoms with Gasteiger partial charge in [-0.05, 0) is 43.2 Å². The Morgan fingerprint density at radius 1 is 1.26 bits per heavy atom. The van der Waals surface area contributed by atoms with Crippen molar-refractivity contribution >= 4 is 11.4 Å². The van der Waals surface area contributed by atoms with Crippen LogP contribution in [0.4, 0.5) is 5.69 Å². The van der Waals surface area contributed by atoms with Gasteiger partial charge in [-0.15, -0.1) is 0 Å². The van der Waals surface area contributed by atoms with Gasteiger partial charge in [0, 0.05) is 41.6 Å². The van der Waals surface area contributed by atoms with Gasteiger partial charge >= 0.3 is 0 Å². The zero-order valence-corrected chi connectivity index (χ0v) is 16.1. The number of nitrogens with one attached hydrogen (secondary N) is 3. The van der Waals surface area contributed by atoms with Crippen molar-refractivity contribution in [2.24, 2.45) is 0 Å². The molecule has 3 N–H and O–H groups in total. The van der Waals surface area contributed by atoms with Crippen LogP contribution in [-0.2, 0) is 6.54 Å². The van der Waals surface area contributed by atoms with Crippen LogP contribution in [0.1, 0.15) is 37.8 Å². The molecule has 0 spiro atoms. The Morgan fingerprint density at radius 2 is 2.11 bits per heavy atom. The number of nitrogens with zero attached hydrogens (tertiary/aromatic N) is 1. The van der Waals surface area contributed by atoms with Crippen molar-refractivity contribution in [1.29, 1.82) is 0 Å². The van der Waals surface area contributed by atoms with E-state index in [0.29, 0.717) is 0 Å². The third-order valence-corrected chi connectivity index (χ3v) is 4.47. The summed E-state index contributed by atoms with van der Waals surface area (Å²) in [6.07, 6.45) is 10.2. The molecule has 27 heavy (non-hydrogen) atoms. The molecule has 1 aromatic heterocycles. The number of fused-ring (bicyclic) bond motifs is 1. The summed E-state index contributed by atoms with van der Waals surface area (Å²) in [5.74, 6) is 0. The number of anilines is 1. The summed E-state index contributed by atoms with van der Waals surface area (Å²) in [4.78, 5) is 4.18. The summed E-state index contributed by atoms with van der Waals surface area (Å²) >= 11 is 0. The van der Waals surface area contributed by atoms with E-state index in [1.165, 1.54) is 5.57 Å². The number of para-hydroxylation sites is 1. The fourth-order valence-electron chi connectivity index (χ4n) is 3.23. The maximum atomic E-state index is 4.19. The Hall–Kier alpha value is -2.85. The molecule has 1 atom stereocenters. The number of allylic oxidation sites excluding steroid dienone is 2. The number of aromatic nitrogens is 1. The predicted molar refractivity (Wildman–Crippen MR) is 114 cm³/mol. The van der Waals surface area contributed by atoms with Crippen molar-refractivity contribution < 1.29 is 0 Å². The maximum absolute atomic E-state index is 4.19. The molecule has 0 saturated heterocycles. The van der Waals surface area contributed by atoms with Crippen molar-refractivity contribution in [1.82, 2.24) is 15.6 Å². The molecule has 1 aliphatic heterocycles. The van der Waals surface area contributed by atoms with E-state index in [2.05, 4.69) is 77.8 Å². The minimum absolute atomic E-state index is 0.0242. The third-order valence-electron chi connectivity index (χ3n) is 4.47. The van der Waals surface area contributed by atoms with E-state index in [4.69, 9.17) is 0 Å². The molecule has 0 aliphatic carbocycles. The Morgan fingerprint density at radius 3 is 2.89 bits per heavy atom. The summed E-state index contributed by atoms with van der Waals surface area (Å²) in [7, 11) is 0. The van der Waals surface area contributed by atoms with Gasteiger partial charge < -0.3 is 10.6 Å². The zero-order valence-electron chi connectivity index (χ0n) is 16.1. The van der Waals surface area contributed by atoms with Gasteiger partial charge in [-0.3, -0.25) is 10.3 Å². The van der Waals surface area contributed by atoms with Crippen LogP contribution in [0, 0.1) is 0 Å². The third kappa shape index (κ3) is 5.31. The normalized spacial score (nSPS) is 16.1. The Balaban J connectivity index is 1.75. The minimum Gasteiger partial charge on any atom is -0.366 e. The highest BCUT2D eigenvalue weighted by molar-refractivity contribution is 5.79. The van der Waals surface area contributed by atoms with Crippen LogP contribution in [-0.4, -0.2) is 11.1 Å². The molecule has 0 saturated carbocycles. The number of pyridine rings is 1. The smallest absolute Gasteiger partial charge is 0.0986 e. The predicted octanol–water partition coefficient (Wildman–Crippen LogP) is 4.81. The van der Waals surface area contributed by atoms with Gasteiger partial charge in [0.1, 0.15) is 0 Å². The van der Waals surface area contributed by atoms with Gasteiger partial charge in [-0.25, -0.2) is 0 Å². The van der Waals surface area contributed by atoms with E-state index >= 15 is 0 Å². The second kappa shape index (κ2) is 9.19. The van der Waals surface area contributed by atoms with Crippen LogP contribution >= 0.6 is 0 Å². The van der Waals surface area contributed by atoms with Crippen LogP contribution in [0.3, 0.4) is 0 Å². The lowest BCUT2D eigenvalue weighted by atomic mass is 10.0. The first-order valence-electron chi connectivity index (χ1n) is 9.49. The molecule has 2 aromatic rings. The van der Waals surface area contributed by atoms with Crippen molar-refractivity contribution in [3.05, 3.63) is 89.9 Å². The van der Waals surface area contributed by atoms with E-state index in [1.54, 1.807) is 6.20 Å². The molecule has 0 bridgehead atoms. The molecule has 4 nitrogen and oxygen atoms in total. The van der Waals surface area contributed by atoms with Crippen molar-refractivity contribution in [3.8, 4) is 0 Å². The summed E-state index contributed by atoms with van der Waals surface area (Å²) in [5, 5.41) is 10.6. The minimum atomic E-state index is 0.0242. The molecule has 4 heteroatoms. The molecule has 3 rings (SSSR count). The average Bonchev–Trinajstić information content (AvgIpc) is 2.67. The molecule has 2 heterocycles. The lowest BCUT2D eigenvalue weighted by Crippen LogP contribution is -2.37. The van der Waals surface area contributed by atoms with Crippen LogP contribution in [0.15, 0.2) is 78.8 Å². The van der Waals surface area contributed by atoms with E-state index in [-0.39, 0.29) is 6.17 Å². The van der Waals surface area contributed by atoms with Crippen LogP contribution in [0.2, 0.25) is 0 Å². The number of hydrogen-bond acceptors (Lipinski definition) is 4. The van der Waals surface area contributed by atoms with E-state index in [0.717, 1.165) is 47.6 Å². The van der Waals surface area contributed by atoms with Gasteiger partial charge in [-0.1, -0.05) is 49.8 Å². The van der Waals surface area contributed by atoms with E-state index in [1.807, 2.05) is 18.3 Å². The largest absolute Gasteiger partial charge is 0.366 e. The average molecular weight is 361 g/mol. The quantitative estimate of drug-likeness (QED) is 0.591. The maximum Gasteiger partial charge on any atom is 0.0986 e. The second-order valence-electron chi connectivity index (χ2n) is 6.88. The number of benzene rings is 1. The molecule has 140 valence electrons. The van der Waals surface area contributed by atoms with E-state index < -0.39 is 0 Å². The molecule has 1 aliphatic rings. The van der Waals surface area contributed by atoms with Crippen LogP contribution < -0.4 is 16.0 Å². The second-order valence-corrected chi connectivity index (χ2v) is 6.88. The van der Waals surface area contributed by atoms with Crippen LogP contribution in [0.25, 0.3) is 5.70 Å². The fraction of sp³-hybridized carbons (Fsp3) is 0.261. The molecule has 1 unspecified atom stereocenters. The first-order chi connectivity index (χ1) is 13.2. The molecule has 0 fully saturated rings. The molecular formula is C23H28N4. The monoisotopic (exact) mass is 360 g/mol. The Bertz CT molecular complexity index is 836. The molecule has 0 amide bonds. The van der Waals surface area contributed by atoms with Gasteiger partial charge in [0.2, 0.25) is 0 Å². The highest BCUT2D eigenvalue weighted by Gasteiger charge is 2.18. The standard InChI is InChI=1S/C23H28N4/c1-4-8-17(2)13-18(3)26-22-14-23(25-16-19-9-7-12-24-15-19)27-21-11-6-5-10-20(21)22/h5-7,9-15,23,25-27H,3-4,8,16H2,1-2H3/b17-13+. The SMILES string of the molecule is C=C(/C=C(\C)CCC)NC1=CC(NCc2cccnc2)Nc2ccccc21. The topological polar surface area (TPSA) is 49.0 Å².